The second kappa shape index (κ2) is 5.59. The van der Waals surface area contributed by atoms with Crippen molar-refractivity contribution in [2.24, 2.45) is 0 Å². The smallest absolute Gasteiger partial charge is 0.262 e. The van der Waals surface area contributed by atoms with Gasteiger partial charge in [-0.05, 0) is 30.0 Å². The molecule has 1 aromatic heterocycles. The third kappa shape index (κ3) is 2.72. The summed E-state index contributed by atoms with van der Waals surface area (Å²) in [5.41, 5.74) is 1.61. The standard InChI is InChI=1S/C14H15NO2S2/c1-3-10-15(13-8-5-4-7-12(13)2)19(16,17)14-9-6-11-18-14/h3-9,11H,1,10H2,2H3. The summed E-state index contributed by atoms with van der Waals surface area (Å²) in [6.45, 7) is 5.80. The highest BCUT2D eigenvalue weighted by Gasteiger charge is 2.25. The van der Waals surface area contributed by atoms with Crippen molar-refractivity contribution in [1.29, 1.82) is 0 Å². The van der Waals surface area contributed by atoms with Crippen molar-refractivity contribution in [3.05, 3.63) is 60.0 Å². The lowest BCUT2D eigenvalue weighted by Crippen LogP contribution is -2.31. The molecule has 0 saturated heterocycles. The second-order valence-electron chi connectivity index (χ2n) is 4.04. The van der Waals surface area contributed by atoms with E-state index in [2.05, 4.69) is 6.58 Å². The lowest BCUT2D eigenvalue weighted by molar-refractivity contribution is 0.595. The SMILES string of the molecule is C=CCN(c1ccccc1C)S(=O)(=O)c1cccs1. The van der Waals surface area contributed by atoms with Crippen LogP contribution in [0.15, 0.2) is 58.6 Å². The average molecular weight is 293 g/mol. The number of rotatable bonds is 5. The predicted octanol–water partition coefficient (Wildman–Crippen LogP) is 3.44. The van der Waals surface area contributed by atoms with E-state index >= 15 is 0 Å². The first-order chi connectivity index (χ1) is 9.07. The van der Waals surface area contributed by atoms with Crippen molar-refractivity contribution < 1.29 is 8.42 Å². The van der Waals surface area contributed by atoms with Crippen LogP contribution in [0.5, 0.6) is 0 Å². The molecule has 0 saturated carbocycles. The minimum Gasteiger partial charge on any atom is -0.262 e. The third-order valence-electron chi connectivity index (χ3n) is 2.72. The molecular weight excluding hydrogens is 278 g/mol. The molecule has 0 bridgehead atoms. The van der Waals surface area contributed by atoms with E-state index in [1.807, 2.05) is 31.2 Å². The Morgan fingerprint density at radius 2 is 2.00 bits per heavy atom. The maximum absolute atomic E-state index is 12.6. The first kappa shape index (κ1) is 13.8. The zero-order chi connectivity index (χ0) is 13.9. The molecule has 0 atom stereocenters. The van der Waals surface area contributed by atoms with Gasteiger partial charge in [0.15, 0.2) is 0 Å². The van der Waals surface area contributed by atoms with Gasteiger partial charge in [-0.25, -0.2) is 8.42 Å². The summed E-state index contributed by atoms with van der Waals surface area (Å²) >= 11 is 1.22. The second-order valence-corrected chi connectivity index (χ2v) is 7.08. The molecule has 2 aromatic rings. The van der Waals surface area contributed by atoms with E-state index in [1.54, 1.807) is 23.6 Å². The van der Waals surface area contributed by atoms with Crippen molar-refractivity contribution in [3.63, 3.8) is 0 Å². The maximum atomic E-state index is 12.6. The van der Waals surface area contributed by atoms with E-state index in [0.717, 1.165) is 5.56 Å². The quantitative estimate of drug-likeness (QED) is 0.792. The molecule has 0 amide bonds. The van der Waals surface area contributed by atoms with Gasteiger partial charge in [0.2, 0.25) is 0 Å². The van der Waals surface area contributed by atoms with Crippen LogP contribution in [0.25, 0.3) is 0 Å². The van der Waals surface area contributed by atoms with E-state index in [0.29, 0.717) is 9.90 Å². The predicted molar refractivity (Wildman–Crippen MR) is 80.2 cm³/mol. The molecule has 5 heteroatoms. The third-order valence-corrected chi connectivity index (χ3v) is 5.87. The number of aryl methyl sites for hydroxylation is 1. The fourth-order valence-electron chi connectivity index (χ4n) is 1.81. The molecule has 0 unspecified atom stereocenters. The number of nitrogens with zero attached hydrogens (tertiary/aromatic N) is 1. The summed E-state index contributed by atoms with van der Waals surface area (Å²) in [7, 11) is -3.51. The summed E-state index contributed by atoms with van der Waals surface area (Å²) in [4.78, 5) is 0. The number of para-hydroxylation sites is 1. The Morgan fingerprint density at radius 3 is 2.58 bits per heavy atom. The minimum atomic E-state index is -3.51. The first-order valence-corrected chi connectivity index (χ1v) is 8.12. The lowest BCUT2D eigenvalue weighted by Gasteiger charge is -2.23. The molecule has 100 valence electrons. The van der Waals surface area contributed by atoms with Crippen LogP contribution in [0.3, 0.4) is 0 Å². The van der Waals surface area contributed by atoms with Crippen molar-refractivity contribution >= 4 is 27.0 Å². The largest absolute Gasteiger partial charge is 0.274 e. The highest BCUT2D eigenvalue weighted by molar-refractivity contribution is 7.94. The number of sulfonamides is 1. The molecule has 0 spiro atoms. The van der Waals surface area contributed by atoms with Gasteiger partial charge in [-0.1, -0.05) is 30.3 Å². The maximum Gasteiger partial charge on any atom is 0.274 e. The zero-order valence-electron chi connectivity index (χ0n) is 10.6. The van der Waals surface area contributed by atoms with Crippen LogP contribution in [0, 0.1) is 6.92 Å². The van der Waals surface area contributed by atoms with Gasteiger partial charge in [0, 0.05) is 0 Å². The fourth-order valence-corrected chi connectivity index (χ4v) is 4.41. The fraction of sp³-hybridized carbons (Fsp3) is 0.143. The number of hydrogen-bond donors (Lipinski definition) is 0. The first-order valence-electron chi connectivity index (χ1n) is 5.80. The van der Waals surface area contributed by atoms with Crippen LogP contribution in [0.1, 0.15) is 5.56 Å². The number of benzene rings is 1. The molecule has 0 radical (unpaired) electrons. The van der Waals surface area contributed by atoms with E-state index in [9.17, 15) is 8.42 Å². The molecule has 0 aliphatic heterocycles. The Bertz CT molecular complexity index is 661. The molecule has 1 aromatic carbocycles. The Kier molecular flexibility index (Phi) is 4.07. The van der Waals surface area contributed by atoms with Gasteiger partial charge in [-0.2, -0.15) is 0 Å². The Balaban J connectivity index is 2.53. The molecule has 0 N–H and O–H groups in total. The molecule has 2 rings (SSSR count). The van der Waals surface area contributed by atoms with Gasteiger partial charge in [0.05, 0.1) is 12.2 Å². The van der Waals surface area contributed by atoms with Gasteiger partial charge >= 0.3 is 0 Å². The van der Waals surface area contributed by atoms with Crippen molar-refractivity contribution in [3.8, 4) is 0 Å². The van der Waals surface area contributed by atoms with E-state index in [1.165, 1.54) is 15.6 Å². The highest BCUT2D eigenvalue weighted by Crippen LogP contribution is 2.28. The summed E-state index contributed by atoms with van der Waals surface area (Å²) in [5.74, 6) is 0. The van der Waals surface area contributed by atoms with E-state index < -0.39 is 10.0 Å². The van der Waals surface area contributed by atoms with Crippen molar-refractivity contribution in [1.82, 2.24) is 0 Å². The van der Waals surface area contributed by atoms with Crippen molar-refractivity contribution in [2.75, 3.05) is 10.8 Å². The summed E-state index contributed by atoms with van der Waals surface area (Å²) in [6.07, 6.45) is 1.59. The topological polar surface area (TPSA) is 37.4 Å². The van der Waals surface area contributed by atoms with Crippen LogP contribution in [-0.2, 0) is 10.0 Å². The van der Waals surface area contributed by atoms with Crippen LogP contribution < -0.4 is 4.31 Å². The Morgan fingerprint density at radius 1 is 1.26 bits per heavy atom. The van der Waals surface area contributed by atoms with Gasteiger partial charge in [0.25, 0.3) is 10.0 Å². The summed E-state index contributed by atoms with van der Waals surface area (Å²) in [5, 5.41) is 1.76. The van der Waals surface area contributed by atoms with Gasteiger partial charge in [0.1, 0.15) is 4.21 Å². The van der Waals surface area contributed by atoms with Crippen LogP contribution in [0.4, 0.5) is 5.69 Å². The number of thiophene rings is 1. The summed E-state index contributed by atoms with van der Waals surface area (Å²) < 4.78 is 27.0. The van der Waals surface area contributed by atoms with Gasteiger partial charge < -0.3 is 0 Å². The van der Waals surface area contributed by atoms with E-state index in [4.69, 9.17) is 0 Å². The molecule has 3 nitrogen and oxygen atoms in total. The molecule has 19 heavy (non-hydrogen) atoms. The summed E-state index contributed by atoms with van der Waals surface area (Å²) in [6, 6.07) is 10.8. The minimum absolute atomic E-state index is 0.255. The van der Waals surface area contributed by atoms with Crippen LogP contribution >= 0.6 is 11.3 Å². The van der Waals surface area contributed by atoms with Gasteiger partial charge in [-0.3, -0.25) is 4.31 Å². The average Bonchev–Trinajstić information content (AvgIpc) is 2.91. The lowest BCUT2D eigenvalue weighted by atomic mass is 10.2. The normalized spacial score (nSPS) is 11.2. The van der Waals surface area contributed by atoms with Crippen LogP contribution in [0.2, 0.25) is 0 Å². The highest BCUT2D eigenvalue weighted by atomic mass is 32.2. The van der Waals surface area contributed by atoms with Crippen molar-refractivity contribution in [2.45, 2.75) is 11.1 Å². The Labute approximate surface area is 117 Å². The van der Waals surface area contributed by atoms with Crippen LogP contribution in [-0.4, -0.2) is 15.0 Å². The molecule has 0 aliphatic carbocycles. The molecular formula is C14H15NO2S2. The molecule has 0 aliphatic rings. The Hall–Kier alpha value is -1.59. The molecule has 1 heterocycles. The van der Waals surface area contributed by atoms with Gasteiger partial charge in [-0.15, -0.1) is 17.9 Å². The number of anilines is 1. The van der Waals surface area contributed by atoms with E-state index in [-0.39, 0.29) is 6.54 Å². The number of hydrogen-bond acceptors (Lipinski definition) is 3. The molecule has 0 fully saturated rings. The zero-order valence-corrected chi connectivity index (χ0v) is 12.2. The monoisotopic (exact) mass is 293 g/mol.